The normalized spacial score (nSPS) is 16.1. The van der Waals surface area contributed by atoms with Gasteiger partial charge in [0.2, 0.25) is 5.91 Å². The minimum atomic E-state index is -0.331. The Hall–Kier alpha value is -3.30. The van der Waals surface area contributed by atoms with Crippen LogP contribution in [0.3, 0.4) is 0 Å². The molecule has 5 rings (SSSR count). The predicted molar refractivity (Wildman–Crippen MR) is 136 cm³/mol. The fourth-order valence-corrected chi connectivity index (χ4v) is 4.40. The smallest absolute Gasteiger partial charge is 0.239 e. The third kappa shape index (κ3) is 4.67. The molecule has 1 atom stereocenters. The molecule has 0 aliphatic carbocycles. The van der Waals surface area contributed by atoms with Gasteiger partial charge in [-0.05, 0) is 43.2 Å². The van der Waals surface area contributed by atoms with Gasteiger partial charge in [-0.1, -0.05) is 45.8 Å². The van der Waals surface area contributed by atoms with Crippen molar-refractivity contribution in [2.45, 2.75) is 26.4 Å². The van der Waals surface area contributed by atoms with Gasteiger partial charge >= 0.3 is 0 Å². The van der Waals surface area contributed by atoms with Crippen molar-refractivity contribution < 1.29 is 4.79 Å². The maximum Gasteiger partial charge on any atom is 0.239 e. The number of carbonyl (C=O) groups is 1. The largest absolute Gasteiger partial charge is 0.353 e. The Labute approximate surface area is 206 Å². The van der Waals surface area contributed by atoms with Crippen molar-refractivity contribution in [3.63, 3.8) is 0 Å². The molecule has 0 saturated carbocycles. The number of rotatable bonds is 5. The van der Waals surface area contributed by atoms with E-state index < -0.39 is 0 Å². The zero-order valence-electron chi connectivity index (χ0n) is 19.1. The van der Waals surface area contributed by atoms with E-state index in [4.69, 9.17) is 0 Å². The molecule has 1 saturated heterocycles. The zero-order chi connectivity index (χ0) is 23.7. The van der Waals surface area contributed by atoms with E-state index in [9.17, 15) is 4.79 Å². The van der Waals surface area contributed by atoms with Gasteiger partial charge in [0.25, 0.3) is 0 Å². The molecule has 34 heavy (non-hydrogen) atoms. The number of hydrogen-bond donors (Lipinski definition) is 2. The lowest BCUT2D eigenvalue weighted by molar-refractivity contribution is -0.123. The van der Waals surface area contributed by atoms with Gasteiger partial charge in [0, 0.05) is 36.8 Å². The second-order valence-corrected chi connectivity index (χ2v) is 9.45. The number of halogens is 1. The van der Waals surface area contributed by atoms with Gasteiger partial charge < -0.3 is 15.5 Å². The first kappa shape index (κ1) is 22.5. The third-order valence-electron chi connectivity index (χ3n) is 6.07. The molecule has 3 heterocycles. The van der Waals surface area contributed by atoms with Crippen LogP contribution in [0.4, 0.5) is 5.82 Å². The number of nitrogens with one attached hydrogen (secondary N) is 2. The van der Waals surface area contributed by atoms with Crippen molar-refractivity contribution in [1.82, 2.24) is 30.4 Å². The Morgan fingerprint density at radius 3 is 2.79 bits per heavy atom. The molecule has 0 bridgehead atoms. The van der Waals surface area contributed by atoms with Crippen LogP contribution in [0.5, 0.6) is 0 Å². The van der Waals surface area contributed by atoms with E-state index in [1.807, 2.05) is 42.1 Å². The third-order valence-corrected chi connectivity index (χ3v) is 6.96. The standard InChI is InChI=1S/C25H26BrN7O/c1-16-3-6-19(7-4-16)33-13-20-23(31-33)29-15-30-24(20)32-10-9-27-22(14-32)25(34)28-12-18-5-8-21(26)17(2)11-18/h3-8,11,13,15,22,27H,9-10,12,14H2,1-2H3,(H,28,34). The topological polar surface area (TPSA) is 88.0 Å². The average Bonchev–Trinajstić information content (AvgIpc) is 3.29. The summed E-state index contributed by atoms with van der Waals surface area (Å²) in [5.41, 5.74) is 5.02. The predicted octanol–water partition coefficient (Wildman–Crippen LogP) is 3.29. The molecule has 2 aromatic carbocycles. The Bertz CT molecular complexity index is 1340. The Morgan fingerprint density at radius 1 is 1.18 bits per heavy atom. The SMILES string of the molecule is Cc1ccc(-n2cc3c(N4CCNC(C(=O)NCc5ccc(Br)c(C)c5)C4)ncnc3n2)cc1. The fraction of sp³-hybridized carbons (Fsp3) is 0.280. The van der Waals surface area contributed by atoms with E-state index >= 15 is 0 Å². The highest BCUT2D eigenvalue weighted by Crippen LogP contribution is 2.24. The van der Waals surface area contributed by atoms with Gasteiger partial charge in [-0.15, -0.1) is 5.10 Å². The molecule has 1 aliphatic heterocycles. The molecule has 0 spiro atoms. The van der Waals surface area contributed by atoms with Crippen LogP contribution in [-0.2, 0) is 11.3 Å². The molecule has 9 heteroatoms. The molecular formula is C25H26BrN7O. The van der Waals surface area contributed by atoms with E-state index in [0.29, 0.717) is 25.3 Å². The summed E-state index contributed by atoms with van der Waals surface area (Å²) in [6.07, 6.45) is 3.50. The first-order chi connectivity index (χ1) is 16.5. The van der Waals surface area contributed by atoms with Gasteiger partial charge in [-0.2, -0.15) is 0 Å². The molecule has 1 aliphatic rings. The summed E-state index contributed by atoms with van der Waals surface area (Å²) in [6.45, 7) is 6.55. The van der Waals surface area contributed by atoms with E-state index in [1.54, 1.807) is 0 Å². The number of nitrogens with zero attached hydrogens (tertiary/aromatic N) is 5. The minimum absolute atomic E-state index is 0.0223. The minimum Gasteiger partial charge on any atom is -0.353 e. The average molecular weight is 520 g/mol. The van der Waals surface area contributed by atoms with Gasteiger partial charge in [0.15, 0.2) is 5.65 Å². The number of anilines is 1. The van der Waals surface area contributed by atoms with Crippen LogP contribution in [0.25, 0.3) is 16.7 Å². The maximum absolute atomic E-state index is 12.9. The summed E-state index contributed by atoms with van der Waals surface area (Å²) in [5, 5.41) is 11.9. The highest BCUT2D eigenvalue weighted by Gasteiger charge is 2.27. The van der Waals surface area contributed by atoms with Gasteiger partial charge in [0.05, 0.1) is 11.1 Å². The highest BCUT2D eigenvalue weighted by molar-refractivity contribution is 9.10. The van der Waals surface area contributed by atoms with Gasteiger partial charge in [-0.25, -0.2) is 14.6 Å². The molecule has 174 valence electrons. The number of piperazine rings is 1. The van der Waals surface area contributed by atoms with E-state index in [0.717, 1.165) is 39.0 Å². The molecule has 1 amide bonds. The van der Waals surface area contributed by atoms with Gasteiger partial charge in [0.1, 0.15) is 18.2 Å². The number of hydrogen-bond acceptors (Lipinski definition) is 6. The fourth-order valence-electron chi connectivity index (χ4n) is 4.15. The van der Waals surface area contributed by atoms with Crippen molar-refractivity contribution in [1.29, 1.82) is 0 Å². The number of carbonyl (C=O) groups excluding carboxylic acids is 1. The summed E-state index contributed by atoms with van der Waals surface area (Å²) in [5.74, 6) is 0.775. The number of fused-ring (bicyclic) bond motifs is 1. The Kier molecular flexibility index (Phi) is 6.30. The first-order valence-corrected chi connectivity index (χ1v) is 12.1. The van der Waals surface area contributed by atoms with Crippen LogP contribution < -0.4 is 15.5 Å². The lowest BCUT2D eigenvalue weighted by Gasteiger charge is -2.33. The number of aryl methyl sites for hydroxylation is 2. The highest BCUT2D eigenvalue weighted by atomic mass is 79.9. The van der Waals surface area contributed by atoms with Crippen molar-refractivity contribution in [2.75, 3.05) is 24.5 Å². The van der Waals surface area contributed by atoms with E-state index in [-0.39, 0.29) is 11.9 Å². The Balaban J connectivity index is 1.31. The van der Waals surface area contributed by atoms with Crippen molar-refractivity contribution in [2.24, 2.45) is 0 Å². The van der Waals surface area contributed by atoms with Gasteiger partial charge in [-0.3, -0.25) is 4.79 Å². The number of benzene rings is 2. The lowest BCUT2D eigenvalue weighted by atomic mass is 10.1. The van der Waals surface area contributed by atoms with Crippen molar-refractivity contribution in [3.8, 4) is 5.69 Å². The van der Waals surface area contributed by atoms with E-state index in [1.165, 1.54) is 11.9 Å². The first-order valence-electron chi connectivity index (χ1n) is 11.3. The van der Waals surface area contributed by atoms with Crippen molar-refractivity contribution in [3.05, 3.63) is 76.2 Å². The number of amides is 1. The van der Waals surface area contributed by atoms with E-state index in [2.05, 4.69) is 71.7 Å². The number of aromatic nitrogens is 4. The van der Waals surface area contributed by atoms with Crippen molar-refractivity contribution >= 4 is 38.7 Å². The summed E-state index contributed by atoms with van der Waals surface area (Å²) in [7, 11) is 0. The molecular weight excluding hydrogens is 494 g/mol. The molecule has 1 fully saturated rings. The summed E-state index contributed by atoms with van der Waals surface area (Å²) in [4.78, 5) is 24.0. The monoisotopic (exact) mass is 519 g/mol. The molecule has 2 N–H and O–H groups in total. The van der Waals surface area contributed by atoms with Crippen LogP contribution in [0.15, 0.2) is 59.5 Å². The van der Waals surface area contributed by atoms with Crippen LogP contribution in [0, 0.1) is 13.8 Å². The molecule has 2 aromatic heterocycles. The summed E-state index contributed by atoms with van der Waals surface area (Å²) >= 11 is 3.52. The van der Waals surface area contributed by atoms with Crippen LogP contribution >= 0.6 is 15.9 Å². The summed E-state index contributed by atoms with van der Waals surface area (Å²) < 4.78 is 2.89. The zero-order valence-corrected chi connectivity index (χ0v) is 20.7. The van der Waals surface area contributed by atoms with Crippen LogP contribution in [0.2, 0.25) is 0 Å². The molecule has 4 aromatic rings. The molecule has 1 unspecified atom stereocenters. The lowest BCUT2D eigenvalue weighted by Crippen LogP contribution is -2.57. The second kappa shape index (κ2) is 9.52. The van der Waals surface area contributed by atoms with Crippen LogP contribution in [0.1, 0.15) is 16.7 Å². The maximum atomic E-state index is 12.9. The summed E-state index contributed by atoms with van der Waals surface area (Å²) in [6, 6.07) is 14.0. The molecule has 0 radical (unpaired) electrons. The Morgan fingerprint density at radius 2 is 2.00 bits per heavy atom. The van der Waals surface area contributed by atoms with Crippen LogP contribution in [-0.4, -0.2) is 51.3 Å². The second-order valence-electron chi connectivity index (χ2n) is 8.60. The molecule has 8 nitrogen and oxygen atoms in total. The quantitative estimate of drug-likeness (QED) is 0.420.